The van der Waals surface area contributed by atoms with Crippen LogP contribution in [0.5, 0.6) is 5.75 Å². The highest BCUT2D eigenvalue weighted by atomic mass is 35.5. The lowest BCUT2D eigenvalue weighted by atomic mass is 10.0. The van der Waals surface area contributed by atoms with Gasteiger partial charge in [0.2, 0.25) is 0 Å². The van der Waals surface area contributed by atoms with Gasteiger partial charge in [0.1, 0.15) is 12.4 Å². The van der Waals surface area contributed by atoms with Crippen molar-refractivity contribution in [2.45, 2.75) is 0 Å². The third-order valence-corrected chi connectivity index (χ3v) is 3.46. The molecule has 0 amide bonds. The number of rotatable bonds is 5. The quantitative estimate of drug-likeness (QED) is 0.895. The second-order valence-corrected chi connectivity index (χ2v) is 5.13. The van der Waals surface area contributed by atoms with Gasteiger partial charge in [0.05, 0.1) is 5.02 Å². The zero-order valence-electron chi connectivity index (χ0n) is 9.53. The number of nitrogens with two attached hydrogens (primary N) is 1. The minimum atomic E-state index is 0.556. The van der Waals surface area contributed by atoms with E-state index in [1.807, 2.05) is 0 Å². The second-order valence-electron chi connectivity index (χ2n) is 4.28. The molecule has 0 saturated carbocycles. The van der Waals surface area contributed by atoms with Gasteiger partial charge in [-0.15, -0.1) is 0 Å². The second kappa shape index (κ2) is 5.91. The summed E-state index contributed by atoms with van der Waals surface area (Å²) >= 11 is 11.8. The van der Waals surface area contributed by atoms with Crippen molar-refractivity contribution in [3.8, 4) is 5.75 Å². The van der Waals surface area contributed by atoms with E-state index in [1.165, 1.54) is 0 Å². The molecule has 2 rings (SSSR count). The van der Waals surface area contributed by atoms with Crippen molar-refractivity contribution in [3.63, 3.8) is 0 Å². The summed E-state index contributed by atoms with van der Waals surface area (Å²) in [5, 5.41) is 1.18. The molecule has 0 bridgehead atoms. The van der Waals surface area contributed by atoms with Crippen LogP contribution >= 0.6 is 23.2 Å². The molecule has 1 heterocycles. The average molecular weight is 275 g/mol. The first-order chi connectivity index (χ1) is 8.19. The van der Waals surface area contributed by atoms with E-state index in [2.05, 4.69) is 4.90 Å². The average Bonchev–Trinajstić information content (AvgIpc) is 2.24. The van der Waals surface area contributed by atoms with Crippen LogP contribution in [0, 0.1) is 5.92 Å². The maximum absolute atomic E-state index is 6.00. The number of likely N-dealkylation sites (tertiary alicyclic amines) is 1. The minimum Gasteiger partial charge on any atom is -0.491 e. The van der Waals surface area contributed by atoms with Crippen molar-refractivity contribution >= 4 is 23.2 Å². The summed E-state index contributed by atoms with van der Waals surface area (Å²) in [6.45, 7) is 4.48. The van der Waals surface area contributed by atoms with E-state index in [9.17, 15) is 0 Å². The number of hydrogen-bond donors (Lipinski definition) is 1. The van der Waals surface area contributed by atoms with Gasteiger partial charge in [-0.25, -0.2) is 0 Å². The number of ether oxygens (including phenoxy) is 1. The third kappa shape index (κ3) is 3.49. The monoisotopic (exact) mass is 274 g/mol. The SMILES string of the molecule is NCC1CN(CCOc2ccc(Cl)cc2Cl)C1. The molecule has 94 valence electrons. The standard InChI is InChI=1S/C12H16Cl2N2O/c13-10-1-2-12(11(14)5-10)17-4-3-16-7-9(6-15)8-16/h1-2,5,9H,3-4,6-8,15H2. The van der Waals surface area contributed by atoms with Crippen LogP contribution in [0.2, 0.25) is 10.0 Å². The molecule has 0 aliphatic carbocycles. The predicted molar refractivity (Wildman–Crippen MR) is 70.9 cm³/mol. The molecule has 0 aromatic heterocycles. The minimum absolute atomic E-state index is 0.556. The molecule has 1 fully saturated rings. The molecular formula is C12H16Cl2N2O. The summed E-state index contributed by atoms with van der Waals surface area (Å²) in [6, 6.07) is 5.26. The molecule has 2 N–H and O–H groups in total. The molecular weight excluding hydrogens is 259 g/mol. The topological polar surface area (TPSA) is 38.5 Å². The highest BCUT2D eigenvalue weighted by Crippen LogP contribution is 2.27. The van der Waals surface area contributed by atoms with Crippen LogP contribution in [0.3, 0.4) is 0 Å². The summed E-state index contributed by atoms with van der Waals surface area (Å²) in [5.41, 5.74) is 5.56. The molecule has 1 saturated heterocycles. The predicted octanol–water partition coefficient (Wildman–Crippen LogP) is 2.26. The van der Waals surface area contributed by atoms with E-state index >= 15 is 0 Å². The normalized spacial score (nSPS) is 16.9. The Bertz CT molecular complexity index is 381. The van der Waals surface area contributed by atoms with E-state index in [0.717, 1.165) is 26.2 Å². The van der Waals surface area contributed by atoms with Crippen LogP contribution in [0.1, 0.15) is 0 Å². The van der Waals surface area contributed by atoms with E-state index in [-0.39, 0.29) is 0 Å². The van der Waals surface area contributed by atoms with Crippen molar-refractivity contribution in [2.24, 2.45) is 11.7 Å². The van der Waals surface area contributed by atoms with Gasteiger partial charge in [-0.05, 0) is 30.7 Å². The van der Waals surface area contributed by atoms with Crippen LogP contribution in [0.25, 0.3) is 0 Å². The smallest absolute Gasteiger partial charge is 0.138 e. The fraction of sp³-hybridized carbons (Fsp3) is 0.500. The summed E-state index contributed by atoms with van der Waals surface area (Å²) in [5.74, 6) is 1.35. The highest BCUT2D eigenvalue weighted by Gasteiger charge is 2.24. The van der Waals surface area contributed by atoms with Gasteiger partial charge in [0.15, 0.2) is 0 Å². The lowest BCUT2D eigenvalue weighted by Gasteiger charge is -2.38. The molecule has 5 heteroatoms. The number of hydrogen-bond acceptors (Lipinski definition) is 3. The van der Waals surface area contributed by atoms with Crippen molar-refractivity contribution in [1.29, 1.82) is 0 Å². The van der Waals surface area contributed by atoms with Crippen LogP contribution < -0.4 is 10.5 Å². The third-order valence-electron chi connectivity index (χ3n) is 2.93. The number of nitrogens with zero attached hydrogens (tertiary/aromatic N) is 1. The van der Waals surface area contributed by atoms with E-state index < -0.39 is 0 Å². The molecule has 0 atom stereocenters. The van der Waals surface area contributed by atoms with Crippen molar-refractivity contribution in [2.75, 3.05) is 32.8 Å². The molecule has 3 nitrogen and oxygen atoms in total. The fourth-order valence-electron chi connectivity index (χ4n) is 1.89. The largest absolute Gasteiger partial charge is 0.491 e. The molecule has 0 unspecified atom stereocenters. The lowest BCUT2D eigenvalue weighted by Crippen LogP contribution is -2.50. The van der Waals surface area contributed by atoms with Crippen molar-refractivity contribution < 1.29 is 4.74 Å². The van der Waals surface area contributed by atoms with Gasteiger partial charge in [-0.3, -0.25) is 4.90 Å². The molecule has 1 aromatic carbocycles. The summed E-state index contributed by atoms with van der Waals surface area (Å²) in [6.07, 6.45) is 0. The molecule has 0 radical (unpaired) electrons. The zero-order chi connectivity index (χ0) is 12.3. The Balaban J connectivity index is 1.72. The molecule has 1 aliphatic heterocycles. The first kappa shape index (κ1) is 13.0. The summed E-state index contributed by atoms with van der Waals surface area (Å²) in [7, 11) is 0. The summed E-state index contributed by atoms with van der Waals surface area (Å²) in [4.78, 5) is 2.32. The molecule has 1 aliphatic rings. The summed E-state index contributed by atoms with van der Waals surface area (Å²) < 4.78 is 5.60. The van der Waals surface area contributed by atoms with Gasteiger partial charge in [-0.2, -0.15) is 0 Å². The number of benzene rings is 1. The van der Waals surface area contributed by atoms with Gasteiger partial charge in [0.25, 0.3) is 0 Å². The Kier molecular flexibility index (Phi) is 4.51. The Morgan fingerprint density at radius 1 is 1.35 bits per heavy atom. The van der Waals surface area contributed by atoms with Crippen LogP contribution in [-0.4, -0.2) is 37.7 Å². The number of halogens is 2. The molecule has 1 aromatic rings. The molecule has 17 heavy (non-hydrogen) atoms. The Labute approximate surface area is 111 Å². The Hall–Kier alpha value is -0.480. The Morgan fingerprint density at radius 2 is 2.12 bits per heavy atom. The van der Waals surface area contributed by atoms with E-state index in [4.69, 9.17) is 33.7 Å². The van der Waals surface area contributed by atoms with Gasteiger partial charge in [-0.1, -0.05) is 23.2 Å². The maximum atomic E-state index is 6.00. The zero-order valence-corrected chi connectivity index (χ0v) is 11.0. The fourth-order valence-corrected chi connectivity index (χ4v) is 2.35. The molecule has 0 spiro atoms. The highest BCUT2D eigenvalue weighted by molar-refractivity contribution is 6.35. The van der Waals surface area contributed by atoms with Crippen molar-refractivity contribution in [3.05, 3.63) is 28.2 Å². The first-order valence-corrected chi connectivity index (χ1v) is 6.45. The van der Waals surface area contributed by atoms with Gasteiger partial charge < -0.3 is 10.5 Å². The van der Waals surface area contributed by atoms with Gasteiger partial charge >= 0.3 is 0 Å². The Morgan fingerprint density at radius 3 is 2.76 bits per heavy atom. The van der Waals surface area contributed by atoms with Crippen LogP contribution in [0.15, 0.2) is 18.2 Å². The van der Waals surface area contributed by atoms with E-state index in [0.29, 0.717) is 28.3 Å². The first-order valence-electron chi connectivity index (χ1n) is 5.69. The maximum Gasteiger partial charge on any atom is 0.138 e. The van der Waals surface area contributed by atoms with Gasteiger partial charge in [0, 0.05) is 24.7 Å². The van der Waals surface area contributed by atoms with Crippen LogP contribution in [-0.2, 0) is 0 Å². The lowest BCUT2D eigenvalue weighted by molar-refractivity contribution is 0.0875. The van der Waals surface area contributed by atoms with Crippen LogP contribution in [0.4, 0.5) is 0 Å². The van der Waals surface area contributed by atoms with E-state index in [1.54, 1.807) is 18.2 Å². The van der Waals surface area contributed by atoms with Crippen molar-refractivity contribution in [1.82, 2.24) is 4.90 Å².